The van der Waals surface area contributed by atoms with Gasteiger partial charge in [0.15, 0.2) is 0 Å². The highest BCUT2D eigenvalue weighted by molar-refractivity contribution is 5.66. The van der Waals surface area contributed by atoms with Crippen molar-refractivity contribution < 1.29 is 14.6 Å². The van der Waals surface area contributed by atoms with Gasteiger partial charge in [0.05, 0.1) is 0 Å². The van der Waals surface area contributed by atoms with Crippen LogP contribution in [0, 0.1) is 0 Å². The van der Waals surface area contributed by atoms with Crippen LogP contribution in [0.1, 0.15) is 13.3 Å². The van der Waals surface area contributed by atoms with Crippen molar-refractivity contribution in [1.82, 2.24) is 0 Å². The highest BCUT2D eigenvalue weighted by Gasteiger charge is 2.26. The first-order valence-corrected chi connectivity index (χ1v) is 3.39. The molecule has 1 rings (SSSR count). The van der Waals surface area contributed by atoms with Gasteiger partial charge in [-0.3, -0.25) is 4.79 Å². The van der Waals surface area contributed by atoms with E-state index in [2.05, 4.69) is 4.74 Å². The molecule has 1 atom stereocenters. The van der Waals surface area contributed by atoms with Crippen molar-refractivity contribution in [1.29, 1.82) is 0 Å². The Morgan fingerprint density at radius 1 is 1.64 bits per heavy atom. The lowest BCUT2D eigenvalue weighted by Gasteiger charge is -2.23. The first-order valence-electron chi connectivity index (χ1n) is 3.39. The molecule has 1 N–H and O–H groups in total. The molecule has 11 heavy (non-hydrogen) atoms. The van der Waals surface area contributed by atoms with Crippen molar-refractivity contribution in [2.75, 3.05) is 0 Å². The molecule has 0 saturated heterocycles. The van der Waals surface area contributed by atoms with Gasteiger partial charge < -0.3 is 9.84 Å². The quantitative estimate of drug-likeness (QED) is 0.448. The summed E-state index contributed by atoms with van der Waals surface area (Å²) in [5, 5.41) is 9.46. The summed E-state index contributed by atoms with van der Waals surface area (Å²) >= 11 is 0. The number of esters is 1. The first-order chi connectivity index (χ1) is 5.12. The summed E-state index contributed by atoms with van der Waals surface area (Å²) in [5.41, 5.74) is 0. The third-order valence-electron chi connectivity index (χ3n) is 1.33. The Labute approximate surface area is 65.0 Å². The van der Waals surface area contributed by atoms with E-state index < -0.39 is 11.8 Å². The molecule has 0 aromatic rings. The minimum absolute atomic E-state index is 0.322. The van der Waals surface area contributed by atoms with Crippen LogP contribution in [-0.2, 0) is 9.53 Å². The fraction of sp³-hybridized carbons (Fsp3) is 0.375. The lowest BCUT2D eigenvalue weighted by molar-refractivity contribution is -0.187. The van der Waals surface area contributed by atoms with E-state index in [9.17, 15) is 9.90 Å². The number of carbonyl (C=O) groups is 1. The van der Waals surface area contributed by atoms with Crippen LogP contribution < -0.4 is 0 Å². The Hall–Kier alpha value is -1.09. The van der Waals surface area contributed by atoms with E-state index in [0.717, 1.165) is 0 Å². The smallest absolute Gasteiger partial charge is 0.305 e. The number of allylic oxidation sites excluding steroid dienone is 2. The zero-order chi connectivity index (χ0) is 8.32. The summed E-state index contributed by atoms with van der Waals surface area (Å²) < 4.78 is 4.66. The van der Waals surface area contributed by atoms with Crippen molar-refractivity contribution >= 4 is 5.97 Å². The maximum atomic E-state index is 10.5. The second-order valence-corrected chi connectivity index (χ2v) is 2.43. The minimum atomic E-state index is -1.42. The van der Waals surface area contributed by atoms with Crippen molar-refractivity contribution in [2.24, 2.45) is 0 Å². The highest BCUT2D eigenvalue weighted by atomic mass is 16.7. The van der Waals surface area contributed by atoms with Gasteiger partial charge >= 0.3 is 5.97 Å². The van der Waals surface area contributed by atoms with E-state index >= 15 is 0 Å². The predicted molar refractivity (Wildman–Crippen MR) is 39.6 cm³/mol. The van der Waals surface area contributed by atoms with Crippen LogP contribution in [0.4, 0.5) is 0 Å². The Morgan fingerprint density at radius 3 is 2.82 bits per heavy atom. The minimum Gasteiger partial charge on any atom is -0.429 e. The number of hydrogen-bond acceptors (Lipinski definition) is 3. The zero-order valence-electron chi connectivity index (χ0n) is 6.28. The van der Waals surface area contributed by atoms with Gasteiger partial charge in [0.2, 0.25) is 5.79 Å². The van der Waals surface area contributed by atoms with Gasteiger partial charge in [-0.1, -0.05) is 18.2 Å². The Balaban J connectivity index is 2.61. The van der Waals surface area contributed by atoms with E-state index in [1.54, 1.807) is 18.2 Å². The van der Waals surface area contributed by atoms with Gasteiger partial charge in [0.1, 0.15) is 0 Å². The number of rotatable bonds is 1. The number of ether oxygens (including phenoxy) is 1. The van der Waals surface area contributed by atoms with Gasteiger partial charge in [0.25, 0.3) is 0 Å². The van der Waals surface area contributed by atoms with E-state index in [-0.39, 0.29) is 0 Å². The second kappa shape index (κ2) is 2.88. The summed E-state index contributed by atoms with van der Waals surface area (Å²) in [6, 6.07) is 0. The monoisotopic (exact) mass is 154 g/mol. The van der Waals surface area contributed by atoms with E-state index in [0.29, 0.717) is 6.42 Å². The Morgan fingerprint density at radius 2 is 2.36 bits per heavy atom. The van der Waals surface area contributed by atoms with E-state index in [1.165, 1.54) is 13.0 Å². The van der Waals surface area contributed by atoms with Gasteiger partial charge in [-0.15, -0.1) is 0 Å². The molecule has 0 heterocycles. The molecule has 0 aromatic carbocycles. The van der Waals surface area contributed by atoms with E-state index in [1.807, 2.05) is 0 Å². The van der Waals surface area contributed by atoms with Gasteiger partial charge in [-0.05, 0) is 6.08 Å². The molecule has 0 aliphatic heterocycles. The maximum Gasteiger partial charge on any atom is 0.305 e. The van der Waals surface area contributed by atoms with Crippen molar-refractivity contribution in [2.45, 2.75) is 19.1 Å². The SMILES string of the molecule is CC(=O)O[C@]1(O)C=CC=CC1. The molecule has 60 valence electrons. The van der Waals surface area contributed by atoms with Crippen LogP contribution in [0.3, 0.4) is 0 Å². The van der Waals surface area contributed by atoms with Gasteiger partial charge in [-0.25, -0.2) is 0 Å². The summed E-state index contributed by atoms with van der Waals surface area (Å²) in [7, 11) is 0. The standard InChI is InChI=1S/C8H10O3/c1-7(9)11-8(10)5-3-2-4-6-8/h2-5,10H,6H2,1H3/t8-/m1/s1. The Kier molecular flexibility index (Phi) is 2.10. The predicted octanol–water partition coefficient (Wildman–Crippen LogP) is 0.754. The molecule has 0 saturated carbocycles. The summed E-state index contributed by atoms with van der Waals surface area (Å²) in [6.45, 7) is 1.27. The molecule has 0 radical (unpaired) electrons. The fourth-order valence-corrected chi connectivity index (χ4v) is 0.914. The number of aliphatic hydroxyl groups is 1. The lowest BCUT2D eigenvalue weighted by atomic mass is 10.1. The van der Waals surface area contributed by atoms with Gasteiger partial charge in [0, 0.05) is 13.3 Å². The van der Waals surface area contributed by atoms with Crippen molar-refractivity contribution in [3.8, 4) is 0 Å². The van der Waals surface area contributed by atoms with Gasteiger partial charge in [-0.2, -0.15) is 0 Å². The molecule has 0 fully saturated rings. The van der Waals surface area contributed by atoms with E-state index in [4.69, 9.17) is 0 Å². The summed E-state index contributed by atoms with van der Waals surface area (Å²) in [5.74, 6) is -1.90. The average Bonchev–Trinajstić information content (AvgIpc) is 1.85. The van der Waals surface area contributed by atoms with Crippen LogP contribution in [0.25, 0.3) is 0 Å². The van der Waals surface area contributed by atoms with Crippen LogP contribution in [0.5, 0.6) is 0 Å². The molecule has 3 nitrogen and oxygen atoms in total. The van der Waals surface area contributed by atoms with Crippen LogP contribution >= 0.6 is 0 Å². The maximum absolute atomic E-state index is 10.5. The molecule has 3 heteroatoms. The third kappa shape index (κ3) is 2.20. The van der Waals surface area contributed by atoms with Crippen molar-refractivity contribution in [3.63, 3.8) is 0 Å². The molecule has 1 aliphatic rings. The average molecular weight is 154 g/mol. The third-order valence-corrected chi connectivity index (χ3v) is 1.33. The summed E-state index contributed by atoms with van der Waals surface area (Å²) in [6.07, 6.45) is 6.95. The highest BCUT2D eigenvalue weighted by Crippen LogP contribution is 2.18. The number of carbonyl (C=O) groups excluding carboxylic acids is 1. The van der Waals surface area contributed by atoms with Crippen LogP contribution in [-0.4, -0.2) is 16.9 Å². The molecule has 0 bridgehead atoms. The molecule has 0 amide bonds. The Bertz CT molecular complexity index is 217. The molecule has 1 aliphatic carbocycles. The topological polar surface area (TPSA) is 46.5 Å². The second-order valence-electron chi connectivity index (χ2n) is 2.43. The first kappa shape index (κ1) is 8.01. The lowest BCUT2D eigenvalue weighted by Crippen LogP contribution is -2.32. The molecular formula is C8H10O3. The zero-order valence-corrected chi connectivity index (χ0v) is 6.28. The molecule has 0 aromatic heterocycles. The molecule has 0 unspecified atom stereocenters. The fourth-order valence-electron chi connectivity index (χ4n) is 0.914. The van der Waals surface area contributed by atoms with Crippen LogP contribution in [0.15, 0.2) is 24.3 Å². The normalized spacial score (nSPS) is 28.5. The number of hydrogen-bond donors (Lipinski definition) is 1. The molecular weight excluding hydrogens is 144 g/mol. The largest absolute Gasteiger partial charge is 0.429 e. The summed E-state index contributed by atoms with van der Waals surface area (Å²) in [4.78, 5) is 10.5. The van der Waals surface area contributed by atoms with Crippen molar-refractivity contribution in [3.05, 3.63) is 24.3 Å². The van der Waals surface area contributed by atoms with Crippen LogP contribution in [0.2, 0.25) is 0 Å². The molecule has 0 spiro atoms.